The van der Waals surface area contributed by atoms with Crippen LogP contribution in [0.3, 0.4) is 0 Å². The Balaban J connectivity index is 1.88. The first-order valence-electron chi connectivity index (χ1n) is 7.90. The van der Waals surface area contributed by atoms with E-state index in [4.69, 9.17) is 9.47 Å². The van der Waals surface area contributed by atoms with Crippen molar-refractivity contribution in [1.29, 1.82) is 0 Å². The molecule has 25 heavy (non-hydrogen) atoms. The summed E-state index contributed by atoms with van der Waals surface area (Å²) in [4.78, 5) is 24.6. The van der Waals surface area contributed by atoms with E-state index < -0.39 is 11.0 Å². The van der Waals surface area contributed by atoms with Crippen LogP contribution in [0.25, 0.3) is 0 Å². The van der Waals surface area contributed by atoms with Gasteiger partial charge in [-0.3, -0.25) is 10.1 Å². The van der Waals surface area contributed by atoms with Crippen molar-refractivity contribution in [2.24, 2.45) is 0 Å². The van der Waals surface area contributed by atoms with Gasteiger partial charge >= 0.3 is 5.97 Å². The van der Waals surface area contributed by atoms with Crippen LogP contribution >= 0.6 is 0 Å². The molecule has 0 spiro atoms. The van der Waals surface area contributed by atoms with Crippen LogP contribution < -0.4 is 9.64 Å². The van der Waals surface area contributed by atoms with Crippen LogP contribution in [0.15, 0.2) is 48.5 Å². The minimum absolute atomic E-state index is 0.0214. The summed E-state index contributed by atoms with van der Waals surface area (Å²) in [5.41, 5.74) is 1.72. The summed E-state index contributed by atoms with van der Waals surface area (Å²) in [6.45, 7) is 2.07. The number of non-ortho nitro benzene ring substituents is 1. The third-order valence-corrected chi connectivity index (χ3v) is 4.15. The van der Waals surface area contributed by atoms with Crippen LogP contribution in [0.1, 0.15) is 18.5 Å². The highest BCUT2D eigenvalue weighted by Crippen LogP contribution is 2.48. The van der Waals surface area contributed by atoms with Crippen molar-refractivity contribution in [1.82, 2.24) is 0 Å². The van der Waals surface area contributed by atoms with Gasteiger partial charge < -0.3 is 14.4 Å². The van der Waals surface area contributed by atoms with Gasteiger partial charge in [-0.1, -0.05) is 12.1 Å². The fourth-order valence-electron chi connectivity index (χ4n) is 2.91. The standard InChI is InChI=1S/C18H18N2O5/c1-3-25-18(21)17-16(12-4-6-14(7-5-12)20(22)23)19(17)13-8-10-15(24-2)11-9-13/h4-11,16-17H,3H2,1-2H3/t16-,17-,19?/m1/s1. The fourth-order valence-corrected chi connectivity index (χ4v) is 2.91. The first kappa shape index (κ1) is 16.8. The number of nitrogens with zero attached hydrogens (tertiary/aromatic N) is 2. The number of nitro groups is 1. The third-order valence-electron chi connectivity index (χ3n) is 4.15. The van der Waals surface area contributed by atoms with Crippen LogP contribution in [0.2, 0.25) is 0 Å². The van der Waals surface area contributed by atoms with E-state index in [1.54, 1.807) is 26.2 Å². The number of hydrogen-bond acceptors (Lipinski definition) is 6. The van der Waals surface area contributed by atoms with E-state index in [9.17, 15) is 14.9 Å². The average molecular weight is 342 g/mol. The van der Waals surface area contributed by atoms with Gasteiger partial charge in [0.05, 0.1) is 24.7 Å². The number of esters is 1. The van der Waals surface area contributed by atoms with Gasteiger partial charge in [-0.05, 0) is 36.8 Å². The average Bonchev–Trinajstić information content (AvgIpc) is 3.38. The lowest BCUT2D eigenvalue weighted by atomic mass is 10.1. The summed E-state index contributed by atoms with van der Waals surface area (Å²) in [5, 5.41) is 10.8. The number of ether oxygens (including phenoxy) is 2. The molecule has 130 valence electrons. The van der Waals surface area contributed by atoms with Gasteiger partial charge in [0.15, 0.2) is 6.04 Å². The second-order valence-electron chi connectivity index (χ2n) is 5.60. The largest absolute Gasteiger partial charge is 0.497 e. The highest BCUT2D eigenvalue weighted by molar-refractivity contribution is 5.89. The molecule has 2 atom stereocenters. The van der Waals surface area contributed by atoms with E-state index in [0.29, 0.717) is 6.61 Å². The van der Waals surface area contributed by atoms with Gasteiger partial charge in [0.2, 0.25) is 0 Å². The van der Waals surface area contributed by atoms with Crippen molar-refractivity contribution < 1.29 is 19.2 Å². The van der Waals surface area contributed by atoms with E-state index in [0.717, 1.165) is 17.0 Å². The number of carbonyl (C=O) groups excluding carboxylic acids is 1. The van der Waals surface area contributed by atoms with Gasteiger partial charge in [0, 0.05) is 17.8 Å². The lowest BCUT2D eigenvalue weighted by molar-refractivity contribution is -0.384. The molecule has 0 N–H and O–H groups in total. The molecule has 7 nitrogen and oxygen atoms in total. The zero-order valence-electron chi connectivity index (χ0n) is 13.9. The molecule has 3 rings (SSSR count). The van der Waals surface area contributed by atoms with E-state index in [-0.39, 0.29) is 17.7 Å². The molecule has 0 bridgehead atoms. The Morgan fingerprint density at radius 3 is 2.32 bits per heavy atom. The number of carbonyl (C=O) groups is 1. The highest BCUT2D eigenvalue weighted by atomic mass is 16.6. The zero-order chi connectivity index (χ0) is 18.0. The monoisotopic (exact) mass is 342 g/mol. The molecule has 1 saturated heterocycles. The van der Waals surface area contributed by atoms with Crippen molar-refractivity contribution in [2.75, 3.05) is 18.6 Å². The summed E-state index contributed by atoms with van der Waals surface area (Å²) >= 11 is 0. The number of methoxy groups -OCH3 is 1. The molecule has 0 aromatic heterocycles. The van der Waals surface area contributed by atoms with E-state index in [2.05, 4.69) is 0 Å². The second-order valence-corrected chi connectivity index (χ2v) is 5.60. The molecule has 1 heterocycles. The molecule has 0 radical (unpaired) electrons. The lowest BCUT2D eigenvalue weighted by Crippen LogP contribution is -2.15. The second kappa shape index (κ2) is 6.80. The van der Waals surface area contributed by atoms with Crippen LogP contribution in [-0.2, 0) is 9.53 Å². The van der Waals surface area contributed by atoms with Crippen molar-refractivity contribution in [3.8, 4) is 5.75 Å². The summed E-state index contributed by atoms with van der Waals surface area (Å²) < 4.78 is 10.3. The fraction of sp³-hybridized carbons (Fsp3) is 0.278. The Morgan fingerprint density at radius 2 is 1.80 bits per heavy atom. The minimum Gasteiger partial charge on any atom is -0.497 e. The minimum atomic E-state index is -0.444. The molecule has 7 heteroatoms. The molecule has 0 saturated carbocycles. The number of hydrogen-bond donors (Lipinski definition) is 0. The number of benzene rings is 2. The molecule has 0 unspecified atom stereocenters. The first-order chi connectivity index (χ1) is 12.1. The Hall–Kier alpha value is -3.09. The van der Waals surface area contributed by atoms with E-state index in [1.807, 2.05) is 29.2 Å². The van der Waals surface area contributed by atoms with Crippen molar-refractivity contribution >= 4 is 17.3 Å². The third kappa shape index (κ3) is 3.26. The maximum absolute atomic E-state index is 12.3. The van der Waals surface area contributed by atoms with Crippen molar-refractivity contribution in [3.63, 3.8) is 0 Å². The van der Waals surface area contributed by atoms with Crippen LogP contribution in [-0.4, -0.2) is 30.7 Å². The van der Waals surface area contributed by atoms with Gasteiger partial charge in [-0.15, -0.1) is 0 Å². The number of rotatable bonds is 6. The Kier molecular flexibility index (Phi) is 4.56. The van der Waals surface area contributed by atoms with Crippen LogP contribution in [0.4, 0.5) is 11.4 Å². The first-order valence-corrected chi connectivity index (χ1v) is 7.90. The highest BCUT2D eigenvalue weighted by Gasteiger charge is 2.54. The zero-order valence-corrected chi connectivity index (χ0v) is 13.9. The molecule has 2 aromatic rings. The lowest BCUT2D eigenvalue weighted by Gasteiger charge is -2.07. The van der Waals surface area contributed by atoms with Gasteiger partial charge in [-0.2, -0.15) is 0 Å². The van der Waals surface area contributed by atoms with Gasteiger partial charge in [0.25, 0.3) is 5.69 Å². The molecular formula is C18H18N2O5. The Bertz CT molecular complexity index is 773. The summed E-state index contributed by atoms with van der Waals surface area (Å²) in [5.74, 6) is 0.423. The Labute approximate surface area is 144 Å². The van der Waals surface area contributed by atoms with E-state index >= 15 is 0 Å². The molecule has 0 aliphatic carbocycles. The Morgan fingerprint density at radius 1 is 1.16 bits per heavy atom. The van der Waals surface area contributed by atoms with Crippen molar-refractivity contribution in [2.45, 2.75) is 19.0 Å². The van der Waals surface area contributed by atoms with Gasteiger partial charge in [-0.25, -0.2) is 4.79 Å². The normalized spacial score (nSPS) is 18.6. The molecule has 1 aliphatic heterocycles. The van der Waals surface area contributed by atoms with Crippen LogP contribution in [0, 0.1) is 10.1 Å². The molecule has 2 aromatic carbocycles. The molecule has 1 fully saturated rings. The van der Waals surface area contributed by atoms with Crippen LogP contribution in [0.5, 0.6) is 5.75 Å². The summed E-state index contributed by atoms with van der Waals surface area (Å²) in [6, 6.07) is 13.0. The molecule has 0 amide bonds. The predicted octanol–water partition coefficient (Wildman–Crippen LogP) is 3.10. The maximum atomic E-state index is 12.3. The predicted molar refractivity (Wildman–Crippen MR) is 91.7 cm³/mol. The van der Waals surface area contributed by atoms with E-state index in [1.165, 1.54) is 12.1 Å². The van der Waals surface area contributed by atoms with Gasteiger partial charge in [0.1, 0.15) is 5.75 Å². The summed E-state index contributed by atoms with van der Waals surface area (Å²) in [6.07, 6.45) is 0. The quantitative estimate of drug-likeness (QED) is 0.347. The topological polar surface area (TPSA) is 81.7 Å². The molecular weight excluding hydrogens is 324 g/mol. The van der Waals surface area contributed by atoms with Crippen molar-refractivity contribution in [3.05, 3.63) is 64.2 Å². The number of anilines is 1. The number of nitro benzene ring substituents is 1. The summed E-state index contributed by atoms with van der Waals surface area (Å²) in [7, 11) is 1.59. The smallest absolute Gasteiger partial charge is 0.331 e. The SMILES string of the molecule is CCOC(=O)[C@H]1[C@@H](c2ccc([N+](=O)[O-])cc2)N1c1ccc(OC)cc1. The maximum Gasteiger partial charge on any atom is 0.331 e. The molecule has 1 aliphatic rings.